The van der Waals surface area contributed by atoms with Crippen molar-refractivity contribution in [1.82, 2.24) is 9.80 Å². The maximum atomic E-state index is 12.5. The van der Waals surface area contributed by atoms with Crippen LogP contribution in [0.2, 0.25) is 0 Å². The lowest BCUT2D eigenvalue weighted by Gasteiger charge is -2.36. The fourth-order valence-electron chi connectivity index (χ4n) is 2.17. The lowest BCUT2D eigenvalue weighted by Crippen LogP contribution is -2.57. The first kappa shape index (κ1) is 13.5. The van der Waals surface area contributed by atoms with Gasteiger partial charge in [0.25, 0.3) is 0 Å². The van der Waals surface area contributed by atoms with E-state index in [2.05, 4.69) is 0 Å². The molecule has 1 aromatic rings. The van der Waals surface area contributed by atoms with Crippen LogP contribution in [-0.4, -0.2) is 48.3 Å². The van der Waals surface area contributed by atoms with Gasteiger partial charge in [0.2, 0.25) is 11.8 Å². The number of likely N-dealkylation sites (N-methyl/N-ethyl adjacent to an activating group) is 1. The largest absolute Gasteiger partial charge is 0.342 e. The Morgan fingerprint density at radius 3 is 2.47 bits per heavy atom. The Morgan fingerprint density at radius 1 is 1.26 bits per heavy atom. The molecule has 1 saturated heterocycles. The highest BCUT2D eigenvalue weighted by Crippen LogP contribution is 2.21. The summed E-state index contributed by atoms with van der Waals surface area (Å²) in [5.74, 6) is -0.261. The highest BCUT2D eigenvalue weighted by molar-refractivity contribution is 5.91. The van der Waals surface area contributed by atoms with Gasteiger partial charge in [-0.2, -0.15) is 0 Å². The highest BCUT2D eigenvalue weighted by Gasteiger charge is 2.36. The Labute approximate surface area is 113 Å². The van der Waals surface area contributed by atoms with E-state index >= 15 is 0 Å². The van der Waals surface area contributed by atoms with Crippen LogP contribution in [0, 0.1) is 0 Å². The molecule has 2 N–H and O–H groups in total. The molecule has 102 valence electrons. The van der Waals surface area contributed by atoms with Gasteiger partial charge >= 0.3 is 0 Å². The molecule has 1 aliphatic rings. The molecule has 1 aliphatic heterocycles. The second-order valence-electron chi connectivity index (χ2n) is 5.11. The molecule has 2 amide bonds. The third-order valence-corrected chi connectivity index (χ3v) is 3.56. The van der Waals surface area contributed by atoms with Crippen LogP contribution in [-0.2, 0) is 15.1 Å². The van der Waals surface area contributed by atoms with Crippen molar-refractivity contribution < 1.29 is 9.59 Å². The Balaban J connectivity index is 2.17. The standard InChI is InChI=1S/C14H19N3O2/c1-14(15,11-6-4-3-5-7-11)13(19)17-9-8-16(2)12(18)10-17/h3-7H,8-10,15H2,1-2H3. The summed E-state index contributed by atoms with van der Waals surface area (Å²) < 4.78 is 0. The van der Waals surface area contributed by atoms with Gasteiger partial charge < -0.3 is 15.5 Å². The molecule has 0 spiro atoms. The smallest absolute Gasteiger partial charge is 0.247 e. The number of hydrogen-bond acceptors (Lipinski definition) is 3. The first-order valence-electron chi connectivity index (χ1n) is 6.30. The summed E-state index contributed by atoms with van der Waals surface area (Å²) in [4.78, 5) is 27.3. The molecule has 0 aliphatic carbocycles. The Morgan fingerprint density at radius 2 is 1.89 bits per heavy atom. The molecule has 5 heteroatoms. The first-order chi connectivity index (χ1) is 8.93. The lowest BCUT2D eigenvalue weighted by atomic mass is 9.91. The van der Waals surface area contributed by atoms with Crippen molar-refractivity contribution in [2.45, 2.75) is 12.5 Å². The third kappa shape index (κ3) is 2.61. The predicted octanol–water partition coefficient (Wildman–Crippen LogP) is 0.161. The van der Waals surface area contributed by atoms with Crippen molar-refractivity contribution in [2.24, 2.45) is 5.73 Å². The van der Waals surface area contributed by atoms with Gasteiger partial charge in [0.05, 0.1) is 6.54 Å². The molecular weight excluding hydrogens is 242 g/mol. The zero-order chi connectivity index (χ0) is 14.0. The zero-order valence-corrected chi connectivity index (χ0v) is 11.3. The van der Waals surface area contributed by atoms with Crippen LogP contribution < -0.4 is 5.73 Å². The Kier molecular flexibility index (Phi) is 3.57. The summed E-state index contributed by atoms with van der Waals surface area (Å²) >= 11 is 0. The number of rotatable bonds is 2. The van der Waals surface area contributed by atoms with Gasteiger partial charge in [0, 0.05) is 20.1 Å². The molecule has 0 aromatic heterocycles. The van der Waals surface area contributed by atoms with Gasteiger partial charge in [-0.15, -0.1) is 0 Å². The monoisotopic (exact) mass is 261 g/mol. The maximum absolute atomic E-state index is 12.5. The highest BCUT2D eigenvalue weighted by atomic mass is 16.2. The van der Waals surface area contributed by atoms with Crippen molar-refractivity contribution in [1.29, 1.82) is 0 Å². The van der Waals surface area contributed by atoms with Gasteiger partial charge in [0.15, 0.2) is 0 Å². The summed E-state index contributed by atoms with van der Waals surface area (Å²) in [5, 5.41) is 0. The van der Waals surface area contributed by atoms with Crippen LogP contribution in [0.1, 0.15) is 12.5 Å². The van der Waals surface area contributed by atoms with E-state index in [4.69, 9.17) is 5.73 Å². The lowest BCUT2D eigenvalue weighted by molar-refractivity contribution is -0.147. The van der Waals surface area contributed by atoms with E-state index in [1.165, 1.54) is 4.90 Å². The fourth-order valence-corrected chi connectivity index (χ4v) is 2.17. The number of nitrogens with two attached hydrogens (primary N) is 1. The second kappa shape index (κ2) is 5.01. The molecule has 0 bridgehead atoms. The quantitative estimate of drug-likeness (QED) is 0.824. The first-order valence-corrected chi connectivity index (χ1v) is 6.30. The van der Waals surface area contributed by atoms with E-state index < -0.39 is 5.54 Å². The van der Waals surface area contributed by atoms with Crippen LogP contribution >= 0.6 is 0 Å². The number of piperazine rings is 1. The maximum Gasteiger partial charge on any atom is 0.247 e. The summed E-state index contributed by atoms with van der Waals surface area (Å²) in [6.45, 7) is 2.87. The molecule has 19 heavy (non-hydrogen) atoms. The normalized spacial score (nSPS) is 19.2. The van der Waals surface area contributed by atoms with Crippen LogP contribution in [0.15, 0.2) is 30.3 Å². The molecule has 1 unspecified atom stereocenters. The van der Waals surface area contributed by atoms with Gasteiger partial charge in [-0.05, 0) is 12.5 Å². The summed E-state index contributed by atoms with van der Waals surface area (Å²) in [6.07, 6.45) is 0. The molecule has 1 aromatic carbocycles. The van der Waals surface area contributed by atoms with Crippen LogP contribution in [0.3, 0.4) is 0 Å². The third-order valence-electron chi connectivity index (χ3n) is 3.56. The Bertz CT molecular complexity index is 485. The van der Waals surface area contributed by atoms with Crippen LogP contribution in [0.5, 0.6) is 0 Å². The number of carbonyl (C=O) groups is 2. The number of nitrogens with zero attached hydrogens (tertiary/aromatic N) is 2. The number of hydrogen-bond donors (Lipinski definition) is 1. The molecule has 1 atom stereocenters. The average Bonchev–Trinajstić information content (AvgIpc) is 2.42. The second-order valence-corrected chi connectivity index (χ2v) is 5.11. The molecule has 5 nitrogen and oxygen atoms in total. The molecule has 1 fully saturated rings. The van der Waals surface area contributed by atoms with E-state index in [0.29, 0.717) is 13.1 Å². The van der Waals surface area contributed by atoms with Crippen molar-refractivity contribution >= 4 is 11.8 Å². The van der Waals surface area contributed by atoms with E-state index in [-0.39, 0.29) is 18.4 Å². The van der Waals surface area contributed by atoms with Gasteiger partial charge in [-0.25, -0.2) is 0 Å². The summed E-state index contributed by atoms with van der Waals surface area (Å²) in [5.41, 5.74) is 5.83. The van der Waals surface area contributed by atoms with Crippen molar-refractivity contribution in [3.8, 4) is 0 Å². The topological polar surface area (TPSA) is 66.6 Å². The van der Waals surface area contributed by atoms with Gasteiger partial charge in [0.1, 0.15) is 5.54 Å². The van der Waals surface area contributed by atoms with Crippen molar-refractivity contribution in [3.63, 3.8) is 0 Å². The molecule has 2 rings (SSSR count). The summed E-state index contributed by atoms with van der Waals surface area (Å²) in [6, 6.07) is 9.24. The van der Waals surface area contributed by atoms with Gasteiger partial charge in [-0.1, -0.05) is 30.3 Å². The number of benzene rings is 1. The van der Waals surface area contributed by atoms with Crippen molar-refractivity contribution in [2.75, 3.05) is 26.7 Å². The average molecular weight is 261 g/mol. The van der Waals surface area contributed by atoms with E-state index in [0.717, 1.165) is 5.56 Å². The predicted molar refractivity (Wildman–Crippen MR) is 72.2 cm³/mol. The minimum atomic E-state index is -1.10. The molecule has 0 saturated carbocycles. The minimum Gasteiger partial charge on any atom is -0.342 e. The van der Waals surface area contributed by atoms with Crippen molar-refractivity contribution in [3.05, 3.63) is 35.9 Å². The van der Waals surface area contributed by atoms with Gasteiger partial charge in [-0.3, -0.25) is 9.59 Å². The molecule has 1 heterocycles. The molecule has 0 radical (unpaired) electrons. The zero-order valence-electron chi connectivity index (χ0n) is 11.3. The Hall–Kier alpha value is -1.88. The van der Waals surface area contributed by atoms with E-state index in [1.54, 1.807) is 18.9 Å². The number of amides is 2. The van der Waals surface area contributed by atoms with Crippen LogP contribution in [0.4, 0.5) is 0 Å². The minimum absolute atomic E-state index is 0.0524. The van der Waals surface area contributed by atoms with E-state index in [1.807, 2.05) is 30.3 Å². The fraction of sp³-hybridized carbons (Fsp3) is 0.429. The van der Waals surface area contributed by atoms with Crippen LogP contribution in [0.25, 0.3) is 0 Å². The SMILES string of the molecule is CN1CCN(C(=O)C(C)(N)c2ccccc2)CC1=O. The van der Waals surface area contributed by atoms with E-state index in [9.17, 15) is 9.59 Å². The molecular formula is C14H19N3O2. The number of carbonyl (C=O) groups excluding carboxylic acids is 2. The summed E-state index contributed by atoms with van der Waals surface area (Å²) in [7, 11) is 1.74.